The van der Waals surface area contributed by atoms with E-state index in [4.69, 9.17) is 5.84 Å². The first-order valence-electron chi connectivity index (χ1n) is 8.21. The molecule has 3 N–H and O–H groups in total. The molecule has 0 fully saturated rings. The SMILES string of the molecule is CCCCCCCCCCCC(NN)c1c(Br)nnn1C. The Morgan fingerprint density at radius 1 is 1.10 bits per heavy atom. The van der Waals surface area contributed by atoms with E-state index in [9.17, 15) is 0 Å². The van der Waals surface area contributed by atoms with Crippen LogP contribution in [-0.4, -0.2) is 15.0 Å². The molecule has 1 aromatic heterocycles. The highest BCUT2D eigenvalue weighted by atomic mass is 79.9. The summed E-state index contributed by atoms with van der Waals surface area (Å²) in [6, 6.07) is 0.115. The van der Waals surface area contributed by atoms with Crippen LogP contribution in [0.1, 0.15) is 82.9 Å². The van der Waals surface area contributed by atoms with Gasteiger partial charge in [-0.3, -0.25) is 11.3 Å². The number of hydrogen-bond acceptors (Lipinski definition) is 4. The van der Waals surface area contributed by atoms with Crippen molar-refractivity contribution >= 4 is 15.9 Å². The van der Waals surface area contributed by atoms with Gasteiger partial charge in [0.1, 0.15) is 0 Å². The average Bonchev–Trinajstić information content (AvgIpc) is 2.81. The maximum absolute atomic E-state index is 5.67. The zero-order valence-electron chi connectivity index (χ0n) is 13.4. The van der Waals surface area contributed by atoms with Gasteiger partial charge >= 0.3 is 0 Å². The third kappa shape index (κ3) is 6.89. The molecule has 21 heavy (non-hydrogen) atoms. The van der Waals surface area contributed by atoms with E-state index in [0.29, 0.717) is 0 Å². The third-order valence-corrected chi connectivity index (χ3v) is 4.52. The summed E-state index contributed by atoms with van der Waals surface area (Å²) in [7, 11) is 1.90. The number of nitrogens with zero attached hydrogens (tertiary/aromatic N) is 3. The Morgan fingerprint density at radius 3 is 2.14 bits per heavy atom. The lowest BCUT2D eigenvalue weighted by molar-refractivity contribution is 0.449. The molecule has 0 bridgehead atoms. The van der Waals surface area contributed by atoms with Gasteiger partial charge in [-0.2, -0.15) is 0 Å². The first-order chi connectivity index (χ1) is 10.2. The molecule has 122 valence electrons. The molecule has 5 nitrogen and oxygen atoms in total. The monoisotopic (exact) mass is 359 g/mol. The van der Waals surface area contributed by atoms with Crippen LogP contribution in [0.5, 0.6) is 0 Å². The lowest BCUT2D eigenvalue weighted by Crippen LogP contribution is -2.29. The van der Waals surface area contributed by atoms with Gasteiger partial charge in [0.15, 0.2) is 4.60 Å². The number of nitrogens with two attached hydrogens (primary N) is 1. The lowest BCUT2D eigenvalue weighted by atomic mass is 10.0. The van der Waals surface area contributed by atoms with Crippen molar-refractivity contribution in [3.63, 3.8) is 0 Å². The van der Waals surface area contributed by atoms with Crippen LogP contribution >= 0.6 is 15.9 Å². The normalized spacial score (nSPS) is 12.8. The smallest absolute Gasteiger partial charge is 0.153 e. The first-order valence-corrected chi connectivity index (χ1v) is 9.01. The molecule has 0 radical (unpaired) electrons. The van der Waals surface area contributed by atoms with Crippen molar-refractivity contribution in [3.8, 4) is 0 Å². The van der Waals surface area contributed by atoms with Crippen LogP contribution in [0.25, 0.3) is 0 Å². The van der Waals surface area contributed by atoms with E-state index in [1.807, 2.05) is 7.05 Å². The predicted octanol–water partition coefficient (Wildman–Crippen LogP) is 4.00. The highest BCUT2D eigenvalue weighted by molar-refractivity contribution is 9.10. The second kappa shape index (κ2) is 11.2. The maximum Gasteiger partial charge on any atom is 0.153 e. The van der Waals surface area contributed by atoms with Crippen molar-refractivity contribution < 1.29 is 0 Å². The van der Waals surface area contributed by atoms with Crippen molar-refractivity contribution in [2.75, 3.05) is 0 Å². The Hall–Kier alpha value is -0.460. The summed E-state index contributed by atoms with van der Waals surface area (Å²) in [4.78, 5) is 0. The van der Waals surface area contributed by atoms with Crippen molar-refractivity contribution in [1.82, 2.24) is 20.4 Å². The molecular weight excluding hydrogens is 330 g/mol. The molecule has 0 spiro atoms. The second-order valence-electron chi connectivity index (χ2n) is 5.73. The summed E-state index contributed by atoms with van der Waals surface area (Å²) in [6.45, 7) is 2.26. The van der Waals surface area contributed by atoms with Crippen molar-refractivity contribution in [2.24, 2.45) is 12.9 Å². The van der Waals surface area contributed by atoms with E-state index in [1.165, 1.54) is 57.8 Å². The minimum atomic E-state index is 0.115. The quantitative estimate of drug-likeness (QED) is 0.336. The van der Waals surface area contributed by atoms with E-state index in [2.05, 4.69) is 38.6 Å². The molecule has 1 unspecified atom stereocenters. The molecule has 1 atom stereocenters. The Kier molecular flexibility index (Phi) is 9.87. The van der Waals surface area contributed by atoms with Crippen LogP contribution in [0.2, 0.25) is 0 Å². The zero-order valence-corrected chi connectivity index (χ0v) is 15.0. The molecule has 1 heterocycles. The van der Waals surface area contributed by atoms with Crippen LogP contribution in [0.15, 0.2) is 4.60 Å². The molecule has 0 amide bonds. The second-order valence-corrected chi connectivity index (χ2v) is 6.48. The van der Waals surface area contributed by atoms with E-state index < -0.39 is 0 Å². The fourth-order valence-electron chi connectivity index (χ4n) is 2.67. The van der Waals surface area contributed by atoms with Gasteiger partial charge in [0.25, 0.3) is 0 Å². The van der Waals surface area contributed by atoms with Crippen LogP contribution in [0.3, 0.4) is 0 Å². The summed E-state index contributed by atoms with van der Waals surface area (Å²) >= 11 is 3.43. The van der Waals surface area contributed by atoms with Crippen molar-refractivity contribution in [3.05, 3.63) is 10.3 Å². The molecule has 1 aromatic rings. The molecule has 0 aliphatic carbocycles. The van der Waals surface area contributed by atoms with Crippen molar-refractivity contribution in [2.45, 2.75) is 77.2 Å². The summed E-state index contributed by atoms with van der Waals surface area (Å²) in [5, 5.41) is 8.01. The van der Waals surface area contributed by atoms with Crippen LogP contribution in [0.4, 0.5) is 0 Å². The van der Waals surface area contributed by atoms with Crippen LogP contribution in [0, 0.1) is 0 Å². The van der Waals surface area contributed by atoms with Gasteiger partial charge in [0.2, 0.25) is 0 Å². The number of rotatable bonds is 12. The Balaban J connectivity index is 2.13. The van der Waals surface area contributed by atoms with Crippen LogP contribution < -0.4 is 11.3 Å². The molecule has 1 rings (SSSR count). The third-order valence-electron chi connectivity index (χ3n) is 3.95. The largest absolute Gasteiger partial charge is 0.271 e. The van der Waals surface area contributed by atoms with E-state index >= 15 is 0 Å². The van der Waals surface area contributed by atoms with Gasteiger partial charge < -0.3 is 0 Å². The lowest BCUT2D eigenvalue weighted by Gasteiger charge is -2.15. The van der Waals surface area contributed by atoms with Crippen molar-refractivity contribution in [1.29, 1.82) is 0 Å². The topological polar surface area (TPSA) is 68.8 Å². The minimum Gasteiger partial charge on any atom is -0.271 e. The summed E-state index contributed by atoms with van der Waals surface area (Å²) in [5.74, 6) is 5.67. The predicted molar refractivity (Wildman–Crippen MR) is 90.6 cm³/mol. The number of halogens is 1. The van der Waals surface area contributed by atoms with Crippen LogP contribution in [-0.2, 0) is 7.05 Å². The fourth-order valence-corrected chi connectivity index (χ4v) is 3.27. The Labute approximate surface area is 137 Å². The number of nitrogens with one attached hydrogen (secondary N) is 1. The molecule has 0 aliphatic heterocycles. The molecular formula is C15H30BrN5. The molecule has 6 heteroatoms. The molecule has 0 aromatic carbocycles. The highest BCUT2D eigenvalue weighted by Gasteiger charge is 2.18. The highest BCUT2D eigenvalue weighted by Crippen LogP contribution is 2.24. The summed E-state index contributed by atoms with van der Waals surface area (Å²) < 4.78 is 2.56. The van der Waals surface area contributed by atoms with Gasteiger partial charge in [-0.25, -0.2) is 4.68 Å². The molecule has 0 aliphatic rings. The standard InChI is InChI=1S/C15H30BrN5/c1-3-4-5-6-7-8-9-10-11-12-13(18-17)14-15(16)19-20-21(14)2/h13,18H,3-12,17H2,1-2H3. The Morgan fingerprint density at radius 2 is 1.67 bits per heavy atom. The first kappa shape index (κ1) is 18.6. The van der Waals surface area contributed by atoms with E-state index in [0.717, 1.165) is 16.7 Å². The van der Waals surface area contributed by atoms with Gasteiger partial charge in [-0.15, -0.1) is 5.10 Å². The maximum atomic E-state index is 5.67. The number of hydrazine groups is 1. The average molecular weight is 360 g/mol. The number of hydrogen-bond donors (Lipinski definition) is 2. The summed E-state index contributed by atoms with van der Waals surface area (Å²) in [6.07, 6.45) is 13.1. The minimum absolute atomic E-state index is 0.115. The van der Waals surface area contributed by atoms with Gasteiger partial charge in [-0.1, -0.05) is 69.9 Å². The van der Waals surface area contributed by atoms with E-state index in [-0.39, 0.29) is 6.04 Å². The number of unbranched alkanes of at least 4 members (excludes halogenated alkanes) is 8. The van der Waals surface area contributed by atoms with Gasteiger partial charge in [0, 0.05) is 7.05 Å². The number of aryl methyl sites for hydroxylation is 1. The molecule has 0 saturated heterocycles. The van der Waals surface area contributed by atoms with E-state index in [1.54, 1.807) is 4.68 Å². The molecule has 0 saturated carbocycles. The summed E-state index contributed by atoms with van der Waals surface area (Å²) in [5.41, 5.74) is 3.91. The van der Waals surface area contributed by atoms with Gasteiger partial charge in [0.05, 0.1) is 11.7 Å². The Bertz CT molecular complexity index is 361. The van der Waals surface area contributed by atoms with Gasteiger partial charge in [-0.05, 0) is 22.4 Å². The number of aromatic nitrogens is 3. The zero-order chi connectivity index (χ0) is 15.5. The fraction of sp³-hybridized carbons (Fsp3) is 0.867.